The first kappa shape index (κ1) is 19.4. The summed E-state index contributed by atoms with van der Waals surface area (Å²) in [6, 6.07) is 8.41. The van der Waals surface area contributed by atoms with Crippen LogP contribution in [-0.4, -0.2) is 39.7 Å². The summed E-state index contributed by atoms with van der Waals surface area (Å²) < 4.78 is 8.20. The molecule has 1 fully saturated rings. The number of benzene rings is 1. The summed E-state index contributed by atoms with van der Waals surface area (Å²) in [5, 5.41) is 0.631. The minimum Gasteiger partial charge on any atom is -0.373 e. The Hall–Kier alpha value is -1.36. The maximum Gasteiger partial charge on any atom is 0.152 e. The second-order valence-electron chi connectivity index (χ2n) is 7.44. The average molecular weight is 376 g/mol. The molecule has 2 heterocycles. The first-order valence-electron chi connectivity index (χ1n) is 9.68. The molecule has 26 heavy (non-hydrogen) atoms. The Balaban J connectivity index is 1.95. The second kappa shape index (κ2) is 8.55. The van der Waals surface area contributed by atoms with Crippen LogP contribution in [0.2, 0.25) is 5.15 Å². The molecule has 2 aromatic rings. The summed E-state index contributed by atoms with van der Waals surface area (Å²) in [6.45, 7) is 12.3. The molecule has 1 aromatic heterocycles. The number of morpholine rings is 1. The van der Waals surface area contributed by atoms with Gasteiger partial charge < -0.3 is 9.30 Å². The largest absolute Gasteiger partial charge is 0.373 e. The van der Waals surface area contributed by atoms with E-state index in [0.29, 0.717) is 5.15 Å². The lowest BCUT2D eigenvalue weighted by molar-refractivity contribution is -0.0709. The van der Waals surface area contributed by atoms with Crippen LogP contribution in [0.5, 0.6) is 0 Å². The maximum absolute atomic E-state index is 6.63. The zero-order valence-electron chi connectivity index (χ0n) is 16.3. The van der Waals surface area contributed by atoms with Crippen molar-refractivity contribution in [1.29, 1.82) is 0 Å². The Kier molecular flexibility index (Phi) is 6.38. The summed E-state index contributed by atoms with van der Waals surface area (Å²) in [7, 11) is 0. The number of rotatable bonds is 6. The van der Waals surface area contributed by atoms with Gasteiger partial charge in [0.25, 0.3) is 0 Å². The zero-order chi connectivity index (χ0) is 18.7. The lowest BCUT2D eigenvalue weighted by Crippen LogP contribution is -2.45. The van der Waals surface area contributed by atoms with Crippen LogP contribution in [0.3, 0.4) is 0 Å². The average Bonchev–Trinajstić information content (AvgIpc) is 2.88. The highest BCUT2D eigenvalue weighted by Gasteiger charge is 2.25. The third-order valence-electron chi connectivity index (χ3n) is 5.01. The molecule has 1 saturated heterocycles. The molecular formula is C21H30ClN3O. The molecule has 0 N–H and O–H groups in total. The van der Waals surface area contributed by atoms with Crippen LogP contribution in [0.1, 0.15) is 44.9 Å². The van der Waals surface area contributed by atoms with Gasteiger partial charge in [0.2, 0.25) is 0 Å². The van der Waals surface area contributed by atoms with Crippen molar-refractivity contribution in [2.24, 2.45) is 0 Å². The van der Waals surface area contributed by atoms with Gasteiger partial charge in [0.1, 0.15) is 5.82 Å². The van der Waals surface area contributed by atoms with E-state index in [1.807, 2.05) is 0 Å². The Morgan fingerprint density at radius 3 is 2.54 bits per heavy atom. The highest BCUT2D eigenvalue weighted by molar-refractivity contribution is 6.30. The van der Waals surface area contributed by atoms with Crippen molar-refractivity contribution in [2.45, 2.75) is 65.8 Å². The van der Waals surface area contributed by atoms with E-state index in [9.17, 15) is 0 Å². The third kappa shape index (κ3) is 4.30. The van der Waals surface area contributed by atoms with Gasteiger partial charge in [-0.05, 0) is 32.8 Å². The normalized spacial score (nSPS) is 21.3. The van der Waals surface area contributed by atoms with E-state index in [2.05, 4.69) is 61.4 Å². The van der Waals surface area contributed by atoms with E-state index in [4.69, 9.17) is 21.3 Å². The molecule has 0 spiro atoms. The van der Waals surface area contributed by atoms with E-state index in [1.165, 1.54) is 11.1 Å². The van der Waals surface area contributed by atoms with Crippen molar-refractivity contribution in [3.05, 3.63) is 40.7 Å². The number of imidazole rings is 1. The van der Waals surface area contributed by atoms with Crippen molar-refractivity contribution < 1.29 is 4.74 Å². The number of hydrogen-bond donors (Lipinski definition) is 0. The summed E-state index contributed by atoms with van der Waals surface area (Å²) in [6.07, 6.45) is 2.77. The molecule has 5 heteroatoms. The minimum absolute atomic E-state index is 0.250. The quantitative estimate of drug-likeness (QED) is 0.717. The van der Waals surface area contributed by atoms with Gasteiger partial charge in [-0.2, -0.15) is 0 Å². The van der Waals surface area contributed by atoms with Crippen molar-refractivity contribution in [2.75, 3.05) is 13.1 Å². The summed E-state index contributed by atoms with van der Waals surface area (Å²) in [5.41, 5.74) is 3.52. The zero-order valence-corrected chi connectivity index (χ0v) is 17.1. The molecular weight excluding hydrogens is 346 g/mol. The lowest BCUT2D eigenvalue weighted by atomic mass is 10.1. The van der Waals surface area contributed by atoms with Gasteiger partial charge in [-0.15, -0.1) is 0 Å². The molecule has 2 atom stereocenters. The minimum atomic E-state index is 0.250. The standard InChI is InChI=1S/C21H30ClN3O/c1-5-6-11-25-19(14-24-12-16(3)26-17(4)13-24)20(22)23-21(25)18-10-8-7-9-15(18)2/h7-10,16-17H,5-6,11-14H2,1-4H3/t16-,17-/m1/s1. The Morgan fingerprint density at radius 2 is 1.88 bits per heavy atom. The molecule has 4 nitrogen and oxygen atoms in total. The third-order valence-corrected chi connectivity index (χ3v) is 5.32. The van der Waals surface area contributed by atoms with Crippen molar-refractivity contribution in [3.63, 3.8) is 0 Å². The van der Waals surface area contributed by atoms with Crippen molar-refractivity contribution >= 4 is 11.6 Å². The van der Waals surface area contributed by atoms with Gasteiger partial charge in [-0.1, -0.05) is 49.2 Å². The summed E-state index contributed by atoms with van der Waals surface area (Å²) in [5.74, 6) is 0.992. The van der Waals surface area contributed by atoms with E-state index < -0.39 is 0 Å². The molecule has 3 rings (SSSR count). The molecule has 142 valence electrons. The second-order valence-corrected chi connectivity index (χ2v) is 7.80. The highest BCUT2D eigenvalue weighted by Crippen LogP contribution is 2.30. The van der Waals surface area contributed by atoms with E-state index >= 15 is 0 Å². The fourth-order valence-electron chi connectivity index (χ4n) is 3.82. The van der Waals surface area contributed by atoms with Gasteiger partial charge in [-0.3, -0.25) is 4.90 Å². The molecule has 0 aliphatic carbocycles. The van der Waals surface area contributed by atoms with Crippen LogP contribution in [0, 0.1) is 6.92 Å². The molecule has 0 amide bonds. The number of halogens is 1. The summed E-state index contributed by atoms with van der Waals surface area (Å²) >= 11 is 6.63. The lowest BCUT2D eigenvalue weighted by Gasteiger charge is -2.35. The summed E-state index contributed by atoms with van der Waals surface area (Å²) in [4.78, 5) is 7.20. The Morgan fingerprint density at radius 1 is 1.19 bits per heavy atom. The molecule has 0 saturated carbocycles. The number of aryl methyl sites for hydroxylation is 1. The molecule has 0 bridgehead atoms. The monoisotopic (exact) mass is 375 g/mol. The predicted molar refractivity (Wildman–Crippen MR) is 108 cm³/mol. The number of nitrogens with zero attached hydrogens (tertiary/aromatic N) is 3. The van der Waals surface area contributed by atoms with E-state index in [-0.39, 0.29) is 12.2 Å². The van der Waals surface area contributed by atoms with E-state index in [0.717, 1.165) is 50.5 Å². The number of aromatic nitrogens is 2. The number of ether oxygens (including phenoxy) is 1. The molecule has 1 aliphatic rings. The van der Waals surface area contributed by atoms with Crippen LogP contribution in [-0.2, 0) is 17.8 Å². The van der Waals surface area contributed by atoms with Crippen molar-refractivity contribution in [1.82, 2.24) is 14.5 Å². The predicted octanol–water partition coefficient (Wildman–Crippen LogP) is 4.92. The molecule has 0 radical (unpaired) electrons. The number of unbranched alkanes of at least 4 members (excludes halogenated alkanes) is 1. The Bertz CT molecular complexity index is 733. The van der Waals surface area contributed by atoms with Crippen LogP contribution >= 0.6 is 11.6 Å². The maximum atomic E-state index is 6.63. The van der Waals surface area contributed by atoms with Crippen LogP contribution < -0.4 is 0 Å². The van der Waals surface area contributed by atoms with Crippen LogP contribution in [0.15, 0.2) is 24.3 Å². The Labute approximate surface area is 162 Å². The first-order valence-corrected chi connectivity index (χ1v) is 10.1. The van der Waals surface area contributed by atoms with Gasteiger partial charge in [0.05, 0.1) is 17.9 Å². The van der Waals surface area contributed by atoms with Crippen LogP contribution in [0.25, 0.3) is 11.4 Å². The topological polar surface area (TPSA) is 30.3 Å². The van der Waals surface area contributed by atoms with Gasteiger partial charge in [0.15, 0.2) is 5.15 Å². The molecule has 1 aliphatic heterocycles. The molecule has 0 unspecified atom stereocenters. The van der Waals surface area contributed by atoms with Crippen molar-refractivity contribution in [3.8, 4) is 11.4 Å². The smallest absolute Gasteiger partial charge is 0.152 e. The first-order chi connectivity index (χ1) is 12.5. The SMILES string of the molecule is CCCCn1c(-c2ccccc2C)nc(Cl)c1CN1C[C@@H](C)O[C@H](C)C1. The van der Waals surface area contributed by atoms with E-state index in [1.54, 1.807) is 0 Å². The highest BCUT2D eigenvalue weighted by atomic mass is 35.5. The molecule has 1 aromatic carbocycles. The van der Waals surface area contributed by atoms with Crippen LogP contribution in [0.4, 0.5) is 0 Å². The fraction of sp³-hybridized carbons (Fsp3) is 0.571. The van der Waals surface area contributed by atoms with Gasteiger partial charge in [-0.25, -0.2) is 4.98 Å². The van der Waals surface area contributed by atoms with Gasteiger partial charge >= 0.3 is 0 Å². The van der Waals surface area contributed by atoms with Gasteiger partial charge in [0, 0.05) is 31.7 Å². The fourth-order valence-corrected chi connectivity index (χ4v) is 4.06. The number of hydrogen-bond acceptors (Lipinski definition) is 3.